The van der Waals surface area contributed by atoms with Crippen molar-refractivity contribution < 1.29 is 4.79 Å². The molecule has 0 radical (unpaired) electrons. The molecule has 0 saturated heterocycles. The van der Waals surface area contributed by atoms with E-state index in [1.807, 2.05) is 29.2 Å². The molecule has 1 aliphatic heterocycles. The van der Waals surface area contributed by atoms with Crippen molar-refractivity contribution in [1.29, 1.82) is 0 Å². The van der Waals surface area contributed by atoms with E-state index in [2.05, 4.69) is 46.5 Å². The maximum absolute atomic E-state index is 12.7. The van der Waals surface area contributed by atoms with Crippen LogP contribution in [0.1, 0.15) is 32.7 Å². The van der Waals surface area contributed by atoms with Crippen molar-refractivity contribution in [2.24, 2.45) is 0 Å². The molecule has 1 aliphatic rings. The van der Waals surface area contributed by atoms with E-state index in [0.717, 1.165) is 6.42 Å². The van der Waals surface area contributed by atoms with E-state index in [1.165, 1.54) is 22.3 Å². The maximum atomic E-state index is 12.7. The Hall–Kier alpha value is -3.21. The van der Waals surface area contributed by atoms with Crippen molar-refractivity contribution in [3.05, 3.63) is 88.9 Å². The van der Waals surface area contributed by atoms with Gasteiger partial charge in [-0.25, -0.2) is 9.97 Å². The molecule has 3 aromatic rings. The van der Waals surface area contributed by atoms with Crippen molar-refractivity contribution in [2.75, 3.05) is 11.9 Å². The zero-order chi connectivity index (χ0) is 18.6. The third kappa shape index (κ3) is 3.82. The van der Waals surface area contributed by atoms with E-state index >= 15 is 0 Å². The minimum absolute atomic E-state index is 0.0672. The van der Waals surface area contributed by atoms with E-state index in [0.29, 0.717) is 31.1 Å². The zero-order valence-electron chi connectivity index (χ0n) is 15.4. The van der Waals surface area contributed by atoms with Crippen molar-refractivity contribution in [3.8, 4) is 0 Å². The molecule has 1 amide bonds. The zero-order valence-corrected chi connectivity index (χ0v) is 15.4. The Bertz CT molecular complexity index is 953. The first-order valence-corrected chi connectivity index (χ1v) is 9.17. The molecule has 0 saturated carbocycles. The number of hydrogen-bond donors (Lipinski definition) is 1. The van der Waals surface area contributed by atoms with Gasteiger partial charge in [-0.3, -0.25) is 4.79 Å². The Morgan fingerprint density at radius 1 is 1.04 bits per heavy atom. The van der Waals surface area contributed by atoms with Crippen LogP contribution in [0.25, 0.3) is 0 Å². The summed E-state index contributed by atoms with van der Waals surface area (Å²) >= 11 is 0. The summed E-state index contributed by atoms with van der Waals surface area (Å²) in [7, 11) is 0. The molecule has 27 heavy (non-hydrogen) atoms. The van der Waals surface area contributed by atoms with Gasteiger partial charge < -0.3 is 10.2 Å². The van der Waals surface area contributed by atoms with Crippen LogP contribution in [-0.4, -0.2) is 27.3 Å². The Balaban J connectivity index is 1.40. The monoisotopic (exact) mass is 358 g/mol. The lowest BCUT2D eigenvalue weighted by atomic mass is 10.00. The Morgan fingerprint density at radius 3 is 2.59 bits per heavy atom. The molecule has 1 aromatic heterocycles. The maximum Gasteiger partial charge on any atom is 0.274 e. The van der Waals surface area contributed by atoms with Crippen molar-refractivity contribution in [3.63, 3.8) is 0 Å². The van der Waals surface area contributed by atoms with E-state index in [1.54, 1.807) is 12.4 Å². The number of aryl methyl sites for hydroxylation is 1. The lowest BCUT2D eigenvalue weighted by Crippen LogP contribution is -2.36. The minimum Gasteiger partial charge on any atom is -0.365 e. The summed E-state index contributed by atoms with van der Waals surface area (Å²) in [5, 5.41) is 3.26. The second-order valence-electron chi connectivity index (χ2n) is 6.81. The van der Waals surface area contributed by atoms with Crippen molar-refractivity contribution >= 4 is 11.7 Å². The van der Waals surface area contributed by atoms with E-state index < -0.39 is 0 Å². The molecule has 5 nitrogen and oxygen atoms in total. The average molecular weight is 358 g/mol. The van der Waals surface area contributed by atoms with Crippen molar-refractivity contribution in [2.45, 2.75) is 26.4 Å². The first-order chi connectivity index (χ1) is 13.2. The molecule has 0 fully saturated rings. The summed E-state index contributed by atoms with van der Waals surface area (Å²) in [5.74, 6) is 0.598. The number of benzene rings is 2. The SMILES string of the molecule is Cc1ccccc1CNc1cnc(C(=O)N2CCc3ccccc3C2)cn1. The van der Waals surface area contributed by atoms with Crippen LogP contribution in [0, 0.1) is 6.92 Å². The molecule has 136 valence electrons. The molecular weight excluding hydrogens is 336 g/mol. The second-order valence-corrected chi connectivity index (χ2v) is 6.81. The van der Waals surface area contributed by atoms with Crippen molar-refractivity contribution in [1.82, 2.24) is 14.9 Å². The van der Waals surface area contributed by atoms with Crippen LogP contribution in [0.3, 0.4) is 0 Å². The topological polar surface area (TPSA) is 58.1 Å². The van der Waals surface area contributed by atoms with Crippen LogP contribution in [0.2, 0.25) is 0 Å². The van der Waals surface area contributed by atoms with Gasteiger partial charge in [0.15, 0.2) is 0 Å². The molecule has 0 aliphatic carbocycles. The first-order valence-electron chi connectivity index (χ1n) is 9.17. The molecule has 2 aromatic carbocycles. The number of nitrogens with zero attached hydrogens (tertiary/aromatic N) is 3. The third-order valence-corrected chi connectivity index (χ3v) is 5.01. The number of anilines is 1. The predicted octanol–water partition coefficient (Wildman–Crippen LogP) is 3.60. The van der Waals surface area contributed by atoms with Gasteiger partial charge in [-0.05, 0) is 35.6 Å². The van der Waals surface area contributed by atoms with Gasteiger partial charge in [-0.15, -0.1) is 0 Å². The highest BCUT2D eigenvalue weighted by Gasteiger charge is 2.22. The Kier molecular flexibility index (Phi) is 4.83. The predicted molar refractivity (Wildman–Crippen MR) is 105 cm³/mol. The van der Waals surface area contributed by atoms with Gasteiger partial charge in [0, 0.05) is 19.6 Å². The van der Waals surface area contributed by atoms with E-state index in [-0.39, 0.29) is 5.91 Å². The quantitative estimate of drug-likeness (QED) is 0.774. The number of aromatic nitrogens is 2. The minimum atomic E-state index is -0.0672. The summed E-state index contributed by atoms with van der Waals surface area (Å²) in [4.78, 5) is 23.3. The van der Waals surface area contributed by atoms with Gasteiger partial charge in [-0.1, -0.05) is 48.5 Å². The lowest BCUT2D eigenvalue weighted by molar-refractivity contribution is 0.0728. The molecule has 0 unspecified atom stereocenters. The Labute approximate surface area is 159 Å². The molecule has 0 bridgehead atoms. The standard InChI is InChI=1S/C22H22N4O/c1-16-6-2-3-8-18(16)12-24-21-14-23-20(13-25-21)22(27)26-11-10-17-7-4-5-9-19(17)15-26/h2-9,13-14H,10-12,15H2,1H3,(H,24,25). The van der Waals surface area contributed by atoms with Gasteiger partial charge >= 0.3 is 0 Å². The molecule has 0 spiro atoms. The van der Waals surface area contributed by atoms with Crippen LogP contribution >= 0.6 is 0 Å². The highest BCUT2D eigenvalue weighted by Crippen LogP contribution is 2.20. The van der Waals surface area contributed by atoms with Gasteiger partial charge in [-0.2, -0.15) is 0 Å². The molecule has 1 N–H and O–H groups in total. The van der Waals surface area contributed by atoms with Gasteiger partial charge in [0.1, 0.15) is 11.5 Å². The fourth-order valence-electron chi connectivity index (χ4n) is 3.36. The van der Waals surface area contributed by atoms with E-state index in [9.17, 15) is 4.79 Å². The summed E-state index contributed by atoms with van der Waals surface area (Å²) in [6.45, 7) is 4.10. The summed E-state index contributed by atoms with van der Waals surface area (Å²) in [6, 6.07) is 16.5. The fourth-order valence-corrected chi connectivity index (χ4v) is 3.36. The normalized spacial score (nSPS) is 13.1. The largest absolute Gasteiger partial charge is 0.365 e. The molecule has 5 heteroatoms. The number of carbonyl (C=O) groups is 1. The van der Waals surface area contributed by atoms with Crippen LogP contribution in [-0.2, 0) is 19.5 Å². The summed E-state index contributed by atoms with van der Waals surface area (Å²) < 4.78 is 0. The number of hydrogen-bond acceptors (Lipinski definition) is 4. The number of nitrogens with one attached hydrogen (secondary N) is 1. The number of fused-ring (bicyclic) bond motifs is 1. The second kappa shape index (κ2) is 7.58. The molecular formula is C22H22N4O. The average Bonchev–Trinajstić information content (AvgIpc) is 2.73. The number of rotatable bonds is 4. The van der Waals surface area contributed by atoms with E-state index in [4.69, 9.17) is 0 Å². The molecule has 4 rings (SSSR count). The highest BCUT2D eigenvalue weighted by molar-refractivity contribution is 5.92. The van der Waals surface area contributed by atoms with Crippen LogP contribution in [0.5, 0.6) is 0 Å². The number of amides is 1. The number of carbonyl (C=O) groups excluding carboxylic acids is 1. The van der Waals surface area contributed by atoms with Crippen LogP contribution in [0.4, 0.5) is 5.82 Å². The van der Waals surface area contributed by atoms with Crippen LogP contribution in [0.15, 0.2) is 60.9 Å². The van der Waals surface area contributed by atoms with Crippen LogP contribution < -0.4 is 5.32 Å². The lowest BCUT2D eigenvalue weighted by Gasteiger charge is -2.28. The smallest absolute Gasteiger partial charge is 0.274 e. The summed E-state index contributed by atoms with van der Waals surface area (Å²) in [6.07, 6.45) is 4.07. The van der Waals surface area contributed by atoms with Gasteiger partial charge in [0.05, 0.1) is 12.4 Å². The third-order valence-electron chi connectivity index (χ3n) is 5.01. The highest BCUT2D eigenvalue weighted by atomic mass is 16.2. The summed E-state index contributed by atoms with van der Waals surface area (Å²) in [5.41, 5.74) is 5.36. The van der Waals surface area contributed by atoms with Gasteiger partial charge in [0.2, 0.25) is 0 Å². The molecule has 0 atom stereocenters. The fraction of sp³-hybridized carbons (Fsp3) is 0.227. The first kappa shape index (κ1) is 17.2. The Morgan fingerprint density at radius 2 is 1.81 bits per heavy atom. The van der Waals surface area contributed by atoms with Gasteiger partial charge in [0.25, 0.3) is 5.91 Å². The molecule has 2 heterocycles.